The van der Waals surface area contributed by atoms with Crippen LogP contribution in [0.15, 0.2) is 0 Å². The standard InChI is InChI=1S/C15H28F3NO2/c1-13(2,3)19-11-14(6-9-20-10-7-14)5-4-8-21-12-15(16,17)18/h19H,4-12H2,1-3H3. The van der Waals surface area contributed by atoms with Crippen LogP contribution >= 0.6 is 0 Å². The topological polar surface area (TPSA) is 30.5 Å². The van der Waals surface area contributed by atoms with E-state index in [1.165, 1.54) is 0 Å². The Morgan fingerprint density at radius 3 is 2.29 bits per heavy atom. The summed E-state index contributed by atoms with van der Waals surface area (Å²) in [5, 5.41) is 3.52. The third kappa shape index (κ3) is 8.63. The second-order valence-electron chi connectivity index (χ2n) is 6.99. The molecule has 0 saturated carbocycles. The van der Waals surface area contributed by atoms with Crippen molar-refractivity contribution in [1.29, 1.82) is 0 Å². The van der Waals surface area contributed by atoms with Gasteiger partial charge in [0.25, 0.3) is 0 Å². The summed E-state index contributed by atoms with van der Waals surface area (Å²) in [5.74, 6) is 0. The molecular formula is C15H28F3NO2. The zero-order valence-corrected chi connectivity index (χ0v) is 13.3. The van der Waals surface area contributed by atoms with Crippen LogP contribution in [0.5, 0.6) is 0 Å². The minimum atomic E-state index is -4.23. The summed E-state index contributed by atoms with van der Waals surface area (Å²) >= 11 is 0. The summed E-state index contributed by atoms with van der Waals surface area (Å²) in [4.78, 5) is 0. The van der Waals surface area contributed by atoms with E-state index in [1.54, 1.807) is 0 Å². The van der Waals surface area contributed by atoms with Crippen molar-refractivity contribution in [3.05, 3.63) is 0 Å². The van der Waals surface area contributed by atoms with Crippen LogP contribution in [0, 0.1) is 5.41 Å². The fourth-order valence-electron chi connectivity index (χ4n) is 2.51. The average Bonchev–Trinajstić information content (AvgIpc) is 2.35. The highest BCUT2D eigenvalue weighted by atomic mass is 19.4. The van der Waals surface area contributed by atoms with Crippen LogP contribution in [0.25, 0.3) is 0 Å². The predicted octanol–water partition coefficient (Wildman–Crippen LogP) is 3.53. The fourth-order valence-corrected chi connectivity index (χ4v) is 2.51. The molecule has 0 aromatic carbocycles. The maximum Gasteiger partial charge on any atom is 0.411 e. The Hall–Kier alpha value is -0.330. The first-order valence-corrected chi connectivity index (χ1v) is 7.59. The van der Waals surface area contributed by atoms with Crippen molar-refractivity contribution in [3.8, 4) is 0 Å². The molecule has 1 rings (SSSR count). The molecule has 0 radical (unpaired) electrons. The molecule has 0 atom stereocenters. The Morgan fingerprint density at radius 2 is 1.76 bits per heavy atom. The zero-order chi connectivity index (χ0) is 16.0. The molecule has 1 heterocycles. The molecule has 1 fully saturated rings. The van der Waals surface area contributed by atoms with E-state index < -0.39 is 12.8 Å². The smallest absolute Gasteiger partial charge is 0.381 e. The molecule has 1 aliphatic heterocycles. The monoisotopic (exact) mass is 311 g/mol. The quantitative estimate of drug-likeness (QED) is 0.730. The number of halogens is 3. The van der Waals surface area contributed by atoms with Crippen molar-refractivity contribution in [2.75, 3.05) is 33.0 Å². The van der Waals surface area contributed by atoms with Crippen molar-refractivity contribution < 1.29 is 22.6 Å². The lowest BCUT2D eigenvalue weighted by Crippen LogP contribution is -2.46. The van der Waals surface area contributed by atoms with Crippen LogP contribution in [-0.2, 0) is 9.47 Å². The lowest BCUT2D eigenvalue weighted by molar-refractivity contribution is -0.174. The van der Waals surface area contributed by atoms with E-state index in [-0.39, 0.29) is 17.6 Å². The zero-order valence-electron chi connectivity index (χ0n) is 13.3. The summed E-state index contributed by atoms with van der Waals surface area (Å²) < 4.78 is 46.2. The molecule has 0 aliphatic carbocycles. The summed E-state index contributed by atoms with van der Waals surface area (Å²) in [5.41, 5.74) is 0.158. The Bertz CT molecular complexity index is 294. The molecule has 1 aliphatic rings. The van der Waals surface area contributed by atoms with Gasteiger partial charge in [0, 0.05) is 31.9 Å². The molecule has 6 heteroatoms. The second-order valence-corrected chi connectivity index (χ2v) is 6.99. The molecule has 0 amide bonds. The van der Waals surface area contributed by atoms with Gasteiger partial charge in [-0.3, -0.25) is 0 Å². The number of rotatable bonds is 7. The van der Waals surface area contributed by atoms with Crippen LogP contribution in [0.2, 0.25) is 0 Å². The van der Waals surface area contributed by atoms with Crippen LogP contribution in [0.3, 0.4) is 0 Å². The molecule has 21 heavy (non-hydrogen) atoms. The molecule has 0 spiro atoms. The van der Waals surface area contributed by atoms with Crippen molar-refractivity contribution in [1.82, 2.24) is 5.32 Å². The number of nitrogens with one attached hydrogen (secondary N) is 1. The van der Waals surface area contributed by atoms with E-state index in [2.05, 4.69) is 26.1 Å². The van der Waals surface area contributed by atoms with Gasteiger partial charge in [0.05, 0.1) is 0 Å². The molecule has 3 nitrogen and oxygen atoms in total. The van der Waals surface area contributed by atoms with Gasteiger partial charge in [-0.25, -0.2) is 0 Å². The predicted molar refractivity (Wildman–Crippen MR) is 76.3 cm³/mol. The van der Waals surface area contributed by atoms with Crippen molar-refractivity contribution in [3.63, 3.8) is 0 Å². The third-order valence-corrected chi connectivity index (χ3v) is 3.81. The van der Waals surface area contributed by atoms with Crippen LogP contribution in [0.4, 0.5) is 13.2 Å². The highest BCUT2D eigenvalue weighted by Crippen LogP contribution is 2.35. The van der Waals surface area contributed by atoms with Crippen molar-refractivity contribution in [2.45, 2.75) is 58.2 Å². The van der Waals surface area contributed by atoms with Gasteiger partial charge in [-0.1, -0.05) is 0 Å². The van der Waals surface area contributed by atoms with Gasteiger partial charge in [0.15, 0.2) is 0 Å². The molecule has 0 aromatic rings. The number of hydrogen-bond acceptors (Lipinski definition) is 3. The molecule has 126 valence electrons. The van der Waals surface area contributed by atoms with Crippen LogP contribution in [0.1, 0.15) is 46.5 Å². The molecular weight excluding hydrogens is 283 g/mol. The Balaban J connectivity index is 2.36. The van der Waals surface area contributed by atoms with Crippen molar-refractivity contribution >= 4 is 0 Å². The minimum Gasteiger partial charge on any atom is -0.381 e. The maximum atomic E-state index is 12.0. The SMILES string of the molecule is CC(C)(C)NCC1(CCCOCC(F)(F)F)CCOCC1. The van der Waals surface area contributed by atoms with Gasteiger partial charge in [0.2, 0.25) is 0 Å². The molecule has 0 unspecified atom stereocenters. The van der Waals surface area contributed by atoms with E-state index >= 15 is 0 Å². The normalized spacial score (nSPS) is 19.7. The van der Waals surface area contributed by atoms with Crippen molar-refractivity contribution in [2.24, 2.45) is 5.41 Å². The molecule has 1 saturated heterocycles. The van der Waals surface area contributed by atoms with Gasteiger partial charge in [-0.2, -0.15) is 13.2 Å². The van der Waals surface area contributed by atoms with Gasteiger partial charge >= 0.3 is 6.18 Å². The Morgan fingerprint density at radius 1 is 1.14 bits per heavy atom. The van der Waals surface area contributed by atoms with Crippen LogP contribution < -0.4 is 5.32 Å². The minimum absolute atomic E-state index is 0.0398. The first-order chi connectivity index (χ1) is 9.62. The lowest BCUT2D eigenvalue weighted by Gasteiger charge is -2.39. The fraction of sp³-hybridized carbons (Fsp3) is 1.00. The summed E-state index contributed by atoms with van der Waals surface area (Å²) in [6.45, 7) is 7.70. The summed E-state index contributed by atoms with van der Waals surface area (Å²) in [7, 11) is 0. The molecule has 1 N–H and O–H groups in total. The number of hydrogen-bond donors (Lipinski definition) is 1. The number of ether oxygens (including phenoxy) is 2. The Labute approximate surface area is 125 Å². The highest BCUT2D eigenvalue weighted by Gasteiger charge is 2.33. The average molecular weight is 311 g/mol. The maximum absolute atomic E-state index is 12.0. The lowest BCUT2D eigenvalue weighted by atomic mass is 9.76. The number of alkyl halides is 3. The van der Waals surface area contributed by atoms with E-state index in [0.717, 1.165) is 39.0 Å². The van der Waals surface area contributed by atoms with Crippen LogP contribution in [-0.4, -0.2) is 44.7 Å². The third-order valence-electron chi connectivity index (χ3n) is 3.81. The Kier molecular flexibility index (Phi) is 6.94. The highest BCUT2D eigenvalue weighted by molar-refractivity contribution is 4.86. The van der Waals surface area contributed by atoms with Gasteiger partial charge in [0.1, 0.15) is 6.61 Å². The second kappa shape index (κ2) is 7.79. The molecule has 0 bridgehead atoms. The van der Waals surface area contributed by atoms with Gasteiger partial charge < -0.3 is 14.8 Å². The summed E-state index contributed by atoms with van der Waals surface area (Å²) in [6.07, 6.45) is -0.798. The largest absolute Gasteiger partial charge is 0.411 e. The van der Waals surface area contributed by atoms with Gasteiger partial charge in [-0.15, -0.1) is 0 Å². The van der Waals surface area contributed by atoms with E-state index in [4.69, 9.17) is 9.47 Å². The van der Waals surface area contributed by atoms with Gasteiger partial charge in [-0.05, 0) is 51.9 Å². The van der Waals surface area contributed by atoms with E-state index in [1.807, 2.05) is 0 Å². The first kappa shape index (κ1) is 18.7. The molecule has 0 aromatic heterocycles. The van der Waals surface area contributed by atoms with E-state index in [0.29, 0.717) is 6.42 Å². The summed E-state index contributed by atoms with van der Waals surface area (Å²) in [6, 6.07) is 0. The first-order valence-electron chi connectivity index (χ1n) is 7.59. The van der Waals surface area contributed by atoms with E-state index in [9.17, 15) is 13.2 Å².